The molecule has 3 atom stereocenters. The van der Waals surface area contributed by atoms with Crippen molar-refractivity contribution in [2.45, 2.75) is 38.7 Å². The Morgan fingerprint density at radius 1 is 1.43 bits per heavy atom. The van der Waals surface area contributed by atoms with Crippen LogP contribution in [0.1, 0.15) is 32.6 Å². The maximum Gasteiger partial charge on any atom is 0.0587 e. The molecule has 0 aromatic rings. The van der Waals surface area contributed by atoms with Crippen LogP contribution in [0.25, 0.3) is 0 Å². The Balaban J connectivity index is 1.90. The number of hydrogen-bond donors (Lipinski definition) is 0. The molecule has 1 heterocycles. The molecule has 0 aromatic carbocycles. The predicted octanol–water partition coefficient (Wildman–Crippen LogP) is 3.08. The summed E-state index contributed by atoms with van der Waals surface area (Å²) in [7, 11) is 0. The average molecular weight is 190 g/mol. The van der Waals surface area contributed by atoms with Gasteiger partial charge < -0.3 is 4.74 Å². The lowest BCUT2D eigenvalue weighted by molar-refractivity contribution is 0.0302. The van der Waals surface area contributed by atoms with Gasteiger partial charge in [0.2, 0.25) is 0 Å². The number of fused-ring (bicyclic) bond motifs is 2. The van der Waals surface area contributed by atoms with Gasteiger partial charge in [-0.05, 0) is 42.6 Å². The highest BCUT2D eigenvalue weighted by atomic mass is 16.5. The highest BCUT2D eigenvalue weighted by Gasteiger charge is 2.50. The van der Waals surface area contributed by atoms with E-state index in [1.54, 1.807) is 5.57 Å². The van der Waals surface area contributed by atoms with Crippen molar-refractivity contribution in [3.8, 4) is 0 Å². The molecule has 0 spiro atoms. The first kappa shape index (κ1) is 8.72. The summed E-state index contributed by atoms with van der Waals surface area (Å²) < 4.78 is 5.69. The van der Waals surface area contributed by atoms with Crippen molar-refractivity contribution in [3.05, 3.63) is 23.8 Å². The topological polar surface area (TPSA) is 9.23 Å². The molecule has 2 fully saturated rings. The van der Waals surface area contributed by atoms with Crippen LogP contribution in [-0.4, -0.2) is 12.7 Å². The standard InChI is InChI=1S/C13H18O/c1-13(10-5-3-2-4-6-10)8-12-7-11(13)9-14-12/h3,5-6,11-12H,2,4,7-9H2,1H3/t11?,12?,13-/m1/s1. The van der Waals surface area contributed by atoms with Crippen molar-refractivity contribution in [2.75, 3.05) is 6.61 Å². The van der Waals surface area contributed by atoms with Gasteiger partial charge in [-0.25, -0.2) is 0 Å². The van der Waals surface area contributed by atoms with Gasteiger partial charge in [-0.2, -0.15) is 0 Å². The maximum atomic E-state index is 5.69. The summed E-state index contributed by atoms with van der Waals surface area (Å²) in [6, 6.07) is 0. The van der Waals surface area contributed by atoms with Crippen molar-refractivity contribution >= 4 is 0 Å². The molecule has 0 aromatic heterocycles. The van der Waals surface area contributed by atoms with Gasteiger partial charge >= 0.3 is 0 Å². The monoisotopic (exact) mass is 190 g/mol. The van der Waals surface area contributed by atoms with Gasteiger partial charge in [-0.15, -0.1) is 0 Å². The van der Waals surface area contributed by atoms with Crippen LogP contribution in [0, 0.1) is 11.3 Å². The molecule has 2 bridgehead atoms. The first-order valence-electron chi connectivity index (χ1n) is 5.78. The van der Waals surface area contributed by atoms with E-state index >= 15 is 0 Å². The predicted molar refractivity (Wildman–Crippen MR) is 57.0 cm³/mol. The zero-order chi connectivity index (χ0) is 9.60. The Hall–Kier alpha value is -0.560. The van der Waals surface area contributed by atoms with Crippen molar-refractivity contribution in [1.29, 1.82) is 0 Å². The third-order valence-corrected chi connectivity index (χ3v) is 4.29. The first-order valence-corrected chi connectivity index (χ1v) is 5.78. The molecule has 0 amide bonds. The Kier molecular flexibility index (Phi) is 1.85. The van der Waals surface area contributed by atoms with Gasteiger partial charge in [0, 0.05) is 0 Å². The molecule has 1 aliphatic heterocycles. The van der Waals surface area contributed by atoms with Crippen molar-refractivity contribution in [3.63, 3.8) is 0 Å². The van der Waals surface area contributed by atoms with Crippen LogP contribution < -0.4 is 0 Å². The summed E-state index contributed by atoms with van der Waals surface area (Å²) >= 11 is 0. The smallest absolute Gasteiger partial charge is 0.0587 e. The lowest BCUT2D eigenvalue weighted by Gasteiger charge is -2.36. The van der Waals surface area contributed by atoms with Crippen LogP contribution in [0.5, 0.6) is 0 Å². The number of ether oxygens (including phenoxy) is 1. The van der Waals surface area contributed by atoms with Crippen molar-refractivity contribution in [1.82, 2.24) is 0 Å². The second-order valence-electron chi connectivity index (χ2n) is 5.15. The number of allylic oxidation sites excluding steroid dienone is 4. The molecule has 14 heavy (non-hydrogen) atoms. The molecule has 76 valence electrons. The van der Waals surface area contributed by atoms with Gasteiger partial charge in [0.15, 0.2) is 0 Å². The highest BCUT2D eigenvalue weighted by molar-refractivity contribution is 5.32. The zero-order valence-electron chi connectivity index (χ0n) is 8.83. The quantitative estimate of drug-likeness (QED) is 0.617. The summed E-state index contributed by atoms with van der Waals surface area (Å²) in [4.78, 5) is 0. The molecule has 1 heteroatoms. The molecule has 3 aliphatic rings. The minimum Gasteiger partial charge on any atom is -0.378 e. The molecule has 0 N–H and O–H groups in total. The summed E-state index contributed by atoms with van der Waals surface area (Å²) in [6.45, 7) is 3.42. The Morgan fingerprint density at radius 3 is 2.93 bits per heavy atom. The van der Waals surface area contributed by atoms with Crippen molar-refractivity contribution in [2.24, 2.45) is 11.3 Å². The third kappa shape index (κ3) is 1.12. The Morgan fingerprint density at radius 2 is 2.36 bits per heavy atom. The third-order valence-electron chi connectivity index (χ3n) is 4.29. The second kappa shape index (κ2) is 2.96. The van der Waals surface area contributed by atoms with E-state index in [0.29, 0.717) is 11.5 Å². The van der Waals surface area contributed by atoms with Crippen LogP contribution >= 0.6 is 0 Å². The van der Waals surface area contributed by atoms with E-state index in [1.807, 2.05) is 0 Å². The van der Waals surface area contributed by atoms with Gasteiger partial charge in [-0.1, -0.05) is 25.2 Å². The van der Waals surface area contributed by atoms with Crippen molar-refractivity contribution < 1.29 is 4.74 Å². The van der Waals surface area contributed by atoms with Gasteiger partial charge in [0.1, 0.15) is 0 Å². The van der Waals surface area contributed by atoms with Gasteiger partial charge in [0.05, 0.1) is 12.7 Å². The van der Waals surface area contributed by atoms with E-state index in [0.717, 1.165) is 12.5 Å². The molecule has 2 aliphatic carbocycles. The zero-order valence-corrected chi connectivity index (χ0v) is 8.83. The molecular weight excluding hydrogens is 172 g/mol. The van der Waals surface area contributed by atoms with Crippen LogP contribution in [0.4, 0.5) is 0 Å². The largest absolute Gasteiger partial charge is 0.378 e. The average Bonchev–Trinajstić information content (AvgIpc) is 2.79. The van der Waals surface area contributed by atoms with Gasteiger partial charge in [-0.3, -0.25) is 0 Å². The van der Waals surface area contributed by atoms with E-state index < -0.39 is 0 Å². The van der Waals surface area contributed by atoms with E-state index in [2.05, 4.69) is 25.2 Å². The van der Waals surface area contributed by atoms with Crippen LogP contribution in [0.15, 0.2) is 23.8 Å². The fourth-order valence-corrected chi connectivity index (χ4v) is 3.32. The second-order valence-corrected chi connectivity index (χ2v) is 5.15. The van der Waals surface area contributed by atoms with E-state index in [1.165, 1.54) is 25.7 Å². The number of rotatable bonds is 1. The fourth-order valence-electron chi connectivity index (χ4n) is 3.32. The molecule has 1 saturated carbocycles. The normalized spacial score (nSPS) is 45.6. The van der Waals surface area contributed by atoms with E-state index in [4.69, 9.17) is 4.74 Å². The SMILES string of the molecule is C[C@]1(C2=CCCC=C2)CC2CC1CO2. The summed E-state index contributed by atoms with van der Waals surface area (Å²) in [5.74, 6) is 0.779. The molecule has 3 rings (SSSR count). The molecule has 0 radical (unpaired) electrons. The van der Waals surface area contributed by atoms with Crippen LogP contribution in [0.2, 0.25) is 0 Å². The Labute approximate surface area is 85.8 Å². The summed E-state index contributed by atoms with van der Waals surface area (Å²) in [5.41, 5.74) is 2.01. The summed E-state index contributed by atoms with van der Waals surface area (Å²) in [5, 5.41) is 0. The molecule has 1 nitrogen and oxygen atoms in total. The molecular formula is C13H18O. The van der Waals surface area contributed by atoms with Gasteiger partial charge in [0.25, 0.3) is 0 Å². The Bertz CT molecular complexity index is 302. The lowest BCUT2D eigenvalue weighted by atomic mass is 9.72. The van der Waals surface area contributed by atoms with E-state index in [9.17, 15) is 0 Å². The first-order chi connectivity index (χ1) is 6.79. The van der Waals surface area contributed by atoms with E-state index in [-0.39, 0.29) is 0 Å². The van der Waals surface area contributed by atoms with Crippen LogP contribution in [0.3, 0.4) is 0 Å². The number of hydrogen-bond acceptors (Lipinski definition) is 1. The maximum absolute atomic E-state index is 5.69. The molecule has 1 saturated heterocycles. The minimum absolute atomic E-state index is 0.430. The van der Waals surface area contributed by atoms with Crippen LogP contribution in [-0.2, 0) is 4.74 Å². The fraction of sp³-hybridized carbons (Fsp3) is 0.692. The molecule has 2 unspecified atom stereocenters. The lowest BCUT2D eigenvalue weighted by Crippen LogP contribution is -2.30. The highest BCUT2D eigenvalue weighted by Crippen LogP contribution is 2.54. The minimum atomic E-state index is 0.430. The summed E-state index contributed by atoms with van der Waals surface area (Å²) in [6.07, 6.45) is 12.7.